The second-order valence-corrected chi connectivity index (χ2v) is 4.57. The number of rotatable bonds is 5. The number of nitrogens with one attached hydrogen (secondary N) is 1. The number of alkyl halides is 3. The van der Waals surface area contributed by atoms with Crippen LogP contribution in [0.15, 0.2) is 18.2 Å². The molecule has 1 rings (SSSR count). The number of hydrogen-bond acceptors (Lipinski definition) is 3. The van der Waals surface area contributed by atoms with E-state index in [1.807, 2.05) is 0 Å². The molecule has 8 heteroatoms. The van der Waals surface area contributed by atoms with Crippen molar-refractivity contribution < 1.29 is 22.7 Å². The predicted molar refractivity (Wildman–Crippen MR) is 68.6 cm³/mol. The Kier molecular flexibility index (Phi) is 5.64. The lowest BCUT2D eigenvalue weighted by molar-refractivity contribution is -0.139. The van der Waals surface area contributed by atoms with Gasteiger partial charge >= 0.3 is 6.18 Å². The molecule has 0 aliphatic rings. The van der Waals surface area contributed by atoms with Crippen LogP contribution in [0, 0.1) is 0 Å². The van der Waals surface area contributed by atoms with E-state index in [0.717, 1.165) is 5.56 Å². The first-order valence-electron chi connectivity index (χ1n) is 5.70. The van der Waals surface area contributed by atoms with E-state index in [1.54, 1.807) is 24.4 Å². The molecule has 0 spiro atoms. The van der Waals surface area contributed by atoms with Crippen molar-refractivity contribution in [2.45, 2.75) is 19.1 Å². The minimum atomic E-state index is -4.45. The molecule has 3 N–H and O–H groups in total. The van der Waals surface area contributed by atoms with Crippen LogP contribution in [0.4, 0.5) is 13.2 Å². The molecule has 1 amide bonds. The lowest BCUT2D eigenvalue weighted by atomic mass is 10.1. The number of halogens is 4. The second-order valence-electron chi connectivity index (χ2n) is 4.16. The van der Waals surface area contributed by atoms with Gasteiger partial charge in [0.25, 0.3) is 5.91 Å². The van der Waals surface area contributed by atoms with Crippen LogP contribution < -0.4 is 15.8 Å². The SMILES string of the molecule is C[C@H](N)c1ccc(OCC(=O)NCC(F)(F)F)c(Cl)c1. The molecule has 0 fully saturated rings. The zero-order valence-electron chi connectivity index (χ0n) is 10.6. The molecule has 0 aromatic heterocycles. The summed E-state index contributed by atoms with van der Waals surface area (Å²) >= 11 is 5.91. The summed E-state index contributed by atoms with van der Waals surface area (Å²) in [4.78, 5) is 11.2. The van der Waals surface area contributed by atoms with Crippen molar-refractivity contribution in [1.82, 2.24) is 5.32 Å². The summed E-state index contributed by atoms with van der Waals surface area (Å²) in [6, 6.07) is 4.55. The smallest absolute Gasteiger partial charge is 0.405 e. The molecule has 0 radical (unpaired) electrons. The third-order valence-electron chi connectivity index (χ3n) is 2.33. The number of carbonyl (C=O) groups excluding carboxylic acids is 1. The Bertz CT molecular complexity index is 478. The van der Waals surface area contributed by atoms with Crippen molar-refractivity contribution in [2.75, 3.05) is 13.2 Å². The first kappa shape index (κ1) is 16.6. The molecule has 0 aliphatic carbocycles. The van der Waals surface area contributed by atoms with E-state index < -0.39 is 25.2 Å². The van der Waals surface area contributed by atoms with E-state index in [9.17, 15) is 18.0 Å². The normalized spacial score (nSPS) is 12.9. The molecular formula is C12H14ClF3N2O2. The maximum absolute atomic E-state index is 11.9. The molecule has 0 saturated heterocycles. The Morgan fingerprint density at radius 1 is 1.50 bits per heavy atom. The maximum atomic E-state index is 11.9. The summed E-state index contributed by atoms with van der Waals surface area (Å²) in [6.45, 7) is -0.170. The molecule has 1 atom stereocenters. The van der Waals surface area contributed by atoms with E-state index in [2.05, 4.69) is 0 Å². The highest BCUT2D eigenvalue weighted by atomic mass is 35.5. The largest absolute Gasteiger partial charge is 0.482 e. The third kappa shape index (κ3) is 5.66. The van der Waals surface area contributed by atoms with Crippen molar-refractivity contribution in [1.29, 1.82) is 0 Å². The van der Waals surface area contributed by atoms with Crippen molar-refractivity contribution in [3.05, 3.63) is 28.8 Å². The molecule has 20 heavy (non-hydrogen) atoms. The number of carbonyl (C=O) groups is 1. The number of nitrogens with two attached hydrogens (primary N) is 1. The Labute approximate surface area is 119 Å². The molecule has 0 unspecified atom stereocenters. The van der Waals surface area contributed by atoms with Crippen LogP contribution in [-0.4, -0.2) is 25.2 Å². The van der Waals surface area contributed by atoms with Crippen molar-refractivity contribution >= 4 is 17.5 Å². The lowest BCUT2D eigenvalue weighted by Crippen LogP contribution is -2.36. The van der Waals surface area contributed by atoms with E-state index in [0.29, 0.717) is 0 Å². The zero-order chi connectivity index (χ0) is 15.3. The summed E-state index contributed by atoms with van der Waals surface area (Å²) in [5, 5.41) is 1.93. The Morgan fingerprint density at radius 3 is 2.65 bits per heavy atom. The van der Waals surface area contributed by atoms with Gasteiger partial charge in [-0.15, -0.1) is 0 Å². The summed E-state index contributed by atoms with van der Waals surface area (Å²) in [7, 11) is 0. The highest BCUT2D eigenvalue weighted by molar-refractivity contribution is 6.32. The Balaban J connectivity index is 2.51. The van der Waals surface area contributed by atoms with Crippen molar-refractivity contribution in [3.8, 4) is 5.75 Å². The fraction of sp³-hybridized carbons (Fsp3) is 0.417. The maximum Gasteiger partial charge on any atom is 0.405 e. The lowest BCUT2D eigenvalue weighted by Gasteiger charge is -2.12. The van der Waals surface area contributed by atoms with Crippen LogP contribution in [0.3, 0.4) is 0 Å². The predicted octanol–water partition coefficient (Wildman–Crippen LogP) is 2.42. The van der Waals surface area contributed by atoms with Gasteiger partial charge in [0.1, 0.15) is 12.3 Å². The quantitative estimate of drug-likeness (QED) is 0.878. The first-order chi connectivity index (χ1) is 9.19. The van der Waals surface area contributed by atoms with Gasteiger partial charge in [0, 0.05) is 6.04 Å². The second kappa shape index (κ2) is 6.81. The van der Waals surface area contributed by atoms with Crippen LogP contribution in [-0.2, 0) is 4.79 Å². The average molecular weight is 311 g/mol. The highest BCUT2D eigenvalue weighted by Gasteiger charge is 2.27. The van der Waals surface area contributed by atoms with Crippen molar-refractivity contribution in [2.24, 2.45) is 5.73 Å². The standard InChI is InChI=1S/C12H14ClF3N2O2/c1-7(17)8-2-3-10(9(13)4-8)20-5-11(19)18-6-12(14,15)16/h2-4,7H,5-6,17H2,1H3,(H,18,19)/t7-/m0/s1. The topological polar surface area (TPSA) is 64.3 Å². The number of amides is 1. The summed E-state index contributed by atoms with van der Waals surface area (Å²) in [5.74, 6) is -0.673. The molecule has 0 bridgehead atoms. The Morgan fingerprint density at radius 2 is 2.15 bits per heavy atom. The minimum absolute atomic E-state index is 0.207. The molecule has 112 valence electrons. The average Bonchev–Trinajstić information content (AvgIpc) is 2.33. The van der Waals surface area contributed by atoms with Gasteiger partial charge in [0.2, 0.25) is 0 Å². The van der Waals surface area contributed by atoms with Crippen LogP contribution in [0.25, 0.3) is 0 Å². The molecule has 1 aromatic rings. The van der Waals surface area contributed by atoms with E-state index in [1.165, 1.54) is 6.07 Å². The summed E-state index contributed by atoms with van der Waals surface area (Å²) in [5.41, 5.74) is 6.45. The number of benzene rings is 1. The van der Waals surface area contributed by atoms with Gasteiger partial charge in [0.05, 0.1) is 5.02 Å². The molecule has 4 nitrogen and oxygen atoms in total. The van der Waals surface area contributed by atoms with Gasteiger partial charge in [-0.1, -0.05) is 17.7 Å². The monoisotopic (exact) mass is 310 g/mol. The highest BCUT2D eigenvalue weighted by Crippen LogP contribution is 2.27. The molecule has 0 heterocycles. The zero-order valence-corrected chi connectivity index (χ0v) is 11.4. The fourth-order valence-electron chi connectivity index (χ4n) is 1.31. The molecular weight excluding hydrogens is 297 g/mol. The summed E-state index contributed by atoms with van der Waals surface area (Å²) in [6.07, 6.45) is -4.45. The van der Waals surface area contributed by atoms with E-state index in [-0.39, 0.29) is 16.8 Å². The van der Waals surface area contributed by atoms with Crippen LogP contribution in [0.2, 0.25) is 5.02 Å². The van der Waals surface area contributed by atoms with E-state index >= 15 is 0 Å². The molecule has 0 saturated carbocycles. The van der Waals surface area contributed by atoms with Gasteiger partial charge in [0.15, 0.2) is 6.61 Å². The van der Waals surface area contributed by atoms with Crippen LogP contribution in [0.1, 0.15) is 18.5 Å². The van der Waals surface area contributed by atoms with Gasteiger partial charge in [-0.05, 0) is 24.6 Å². The third-order valence-corrected chi connectivity index (χ3v) is 2.62. The fourth-order valence-corrected chi connectivity index (χ4v) is 1.55. The van der Waals surface area contributed by atoms with E-state index in [4.69, 9.17) is 22.1 Å². The van der Waals surface area contributed by atoms with Crippen LogP contribution in [0.5, 0.6) is 5.75 Å². The number of hydrogen-bond donors (Lipinski definition) is 2. The van der Waals surface area contributed by atoms with Gasteiger partial charge < -0.3 is 15.8 Å². The number of ether oxygens (including phenoxy) is 1. The van der Waals surface area contributed by atoms with Crippen molar-refractivity contribution in [3.63, 3.8) is 0 Å². The van der Waals surface area contributed by atoms with Gasteiger partial charge in [-0.25, -0.2) is 0 Å². The minimum Gasteiger partial charge on any atom is -0.482 e. The summed E-state index contributed by atoms with van der Waals surface area (Å²) < 4.78 is 40.7. The van der Waals surface area contributed by atoms with Crippen LogP contribution >= 0.6 is 11.6 Å². The first-order valence-corrected chi connectivity index (χ1v) is 6.08. The Hall–Kier alpha value is -1.47. The van der Waals surface area contributed by atoms with Gasteiger partial charge in [-0.3, -0.25) is 4.79 Å². The molecule has 1 aromatic carbocycles. The van der Waals surface area contributed by atoms with Gasteiger partial charge in [-0.2, -0.15) is 13.2 Å². The molecule has 0 aliphatic heterocycles.